The summed E-state index contributed by atoms with van der Waals surface area (Å²) in [6.07, 6.45) is 0. The van der Waals surface area contributed by atoms with Gasteiger partial charge in [0.25, 0.3) is 0 Å². The highest BCUT2D eigenvalue weighted by atomic mass is 127. The Balaban J connectivity index is 2.47. The van der Waals surface area contributed by atoms with Crippen LogP contribution < -0.4 is 15.2 Å². The summed E-state index contributed by atoms with van der Waals surface area (Å²) in [6, 6.07) is 8.80. The van der Waals surface area contributed by atoms with Crippen LogP contribution in [0.2, 0.25) is 10.0 Å². The van der Waals surface area contributed by atoms with Gasteiger partial charge in [-0.05, 0) is 51.9 Å². The first-order chi connectivity index (χ1) is 9.97. The summed E-state index contributed by atoms with van der Waals surface area (Å²) in [4.78, 5) is 0. The lowest BCUT2D eigenvalue weighted by atomic mass is 9.99. The topological polar surface area (TPSA) is 44.5 Å². The zero-order chi connectivity index (χ0) is 15.6. The predicted octanol–water partition coefficient (Wildman–Crippen LogP) is 4.66. The van der Waals surface area contributed by atoms with Crippen molar-refractivity contribution in [2.45, 2.75) is 6.04 Å². The molecule has 0 fully saturated rings. The van der Waals surface area contributed by atoms with Gasteiger partial charge in [0.05, 0.1) is 25.3 Å². The van der Waals surface area contributed by atoms with Gasteiger partial charge in [-0.15, -0.1) is 0 Å². The molecule has 3 nitrogen and oxygen atoms in total. The second-order valence-electron chi connectivity index (χ2n) is 4.38. The van der Waals surface area contributed by atoms with Crippen molar-refractivity contribution < 1.29 is 9.47 Å². The first-order valence-corrected chi connectivity index (χ1v) is 7.93. The molecule has 2 aromatic rings. The van der Waals surface area contributed by atoms with E-state index in [1.807, 2.05) is 18.2 Å². The Hall–Kier alpha value is -0.690. The summed E-state index contributed by atoms with van der Waals surface area (Å²) >= 11 is 14.6. The highest BCUT2D eigenvalue weighted by Gasteiger charge is 2.17. The molecule has 2 aromatic carbocycles. The van der Waals surface area contributed by atoms with Gasteiger partial charge in [-0.2, -0.15) is 0 Å². The van der Waals surface area contributed by atoms with Gasteiger partial charge in [0, 0.05) is 14.7 Å². The Morgan fingerprint density at radius 3 is 2.19 bits per heavy atom. The Morgan fingerprint density at radius 1 is 1.00 bits per heavy atom. The number of ether oxygens (including phenoxy) is 2. The van der Waals surface area contributed by atoms with Crippen molar-refractivity contribution >= 4 is 45.8 Å². The quantitative estimate of drug-likeness (QED) is 0.707. The van der Waals surface area contributed by atoms with Gasteiger partial charge in [-0.25, -0.2) is 0 Å². The van der Waals surface area contributed by atoms with Crippen molar-refractivity contribution in [3.8, 4) is 11.5 Å². The molecule has 0 heterocycles. The molecular formula is C15H14Cl2INO2. The van der Waals surface area contributed by atoms with Gasteiger partial charge < -0.3 is 15.2 Å². The molecule has 0 amide bonds. The minimum absolute atomic E-state index is 0.396. The maximum Gasteiger partial charge on any atom is 0.162 e. The Labute approximate surface area is 147 Å². The van der Waals surface area contributed by atoms with Crippen molar-refractivity contribution in [3.05, 3.63) is 55.1 Å². The van der Waals surface area contributed by atoms with E-state index in [9.17, 15) is 0 Å². The zero-order valence-electron chi connectivity index (χ0n) is 11.5. The van der Waals surface area contributed by atoms with Crippen LogP contribution >= 0.6 is 45.8 Å². The number of nitrogens with two attached hydrogens (primary N) is 1. The smallest absolute Gasteiger partial charge is 0.162 e. The SMILES string of the molecule is COc1cc(Cl)c(C(N)c2ccc(I)c(Cl)c2)cc1OC. The lowest BCUT2D eigenvalue weighted by Crippen LogP contribution is -2.13. The van der Waals surface area contributed by atoms with Gasteiger partial charge in [0.2, 0.25) is 0 Å². The van der Waals surface area contributed by atoms with Crippen LogP contribution in [0.5, 0.6) is 11.5 Å². The molecule has 2 N–H and O–H groups in total. The third-order valence-electron chi connectivity index (χ3n) is 3.14. The highest BCUT2D eigenvalue weighted by Crippen LogP contribution is 2.37. The minimum Gasteiger partial charge on any atom is -0.493 e. The summed E-state index contributed by atoms with van der Waals surface area (Å²) in [5.41, 5.74) is 7.95. The maximum absolute atomic E-state index is 6.31. The first-order valence-electron chi connectivity index (χ1n) is 6.10. The summed E-state index contributed by atoms with van der Waals surface area (Å²) < 4.78 is 11.5. The molecule has 0 aromatic heterocycles. The molecule has 0 radical (unpaired) electrons. The fraction of sp³-hybridized carbons (Fsp3) is 0.200. The highest BCUT2D eigenvalue weighted by molar-refractivity contribution is 14.1. The van der Waals surface area contributed by atoms with Crippen molar-refractivity contribution in [1.82, 2.24) is 0 Å². The lowest BCUT2D eigenvalue weighted by Gasteiger charge is -2.17. The molecule has 0 saturated heterocycles. The van der Waals surface area contributed by atoms with E-state index in [0.717, 1.165) is 14.7 Å². The first kappa shape index (κ1) is 16.7. The average Bonchev–Trinajstić information content (AvgIpc) is 2.49. The van der Waals surface area contributed by atoms with Crippen LogP contribution in [0.3, 0.4) is 0 Å². The molecule has 0 aliphatic rings. The fourth-order valence-electron chi connectivity index (χ4n) is 1.99. The number of hydrogen-bond acceptors (Lipinski definition) is 3. The van der Waals surface area contributed by atoms with Crippen molar-refractivity contribution in [1.29, 1.82) is 0 Å². The summed E-state index contributed by atoms with van der Waals surface area (Å²) in [7, 11) is 3.13. The van der Waals surface area contributed by atoms with Crippen LogP contribution in [0.15, 0.2) is 30.3 Å². The molecule has 1 unspecified atom stereocenters. The maximum atomic E-state index is 6.31. The normalized spacial score (nSPS) is 12.1. The molecule has 21 heavy (non-hydrogen) atoms. The van der Waals surface area contributed by atoms with Crippen LogP contribution in [-0.2, 0) is 0 Å². The fourth-order valence-corrected chi connectivity index (χ4v) is 2.79. The van der Waals surface area contributed by atoms with Gasteiger partial charge >= 0.3 is 0 Å². The molecule has 0 aliphatic carbocycles. The summed E-state index contributed by atoms with van der Waals surface area (Å²) in [6.45, 7) is 0. The van der Waals surface area contributed by atoms with Crippen LogP contribution in [0.25, 0.3) is 0 Å². The molecule has 0 aliphatic heterocycles. The van der Waals surface area contributed by atoms with Crippen LogP contribution in [0, 0.1) is 3.57 Å². The molecule has 0 spiro atoms. The van der Waals surface area contributed by atoms with Crippen molar-refractivity contribution in [2.24, 2.45) is 5.73 Å². The molecule has 1 atom stereocenters. The molecular weight excluding hydrogens is 424 g/mol. The molecule has 2 rings (SSSR count). The second-order valence-corrected chi connectivity index (χ2v) is 6.36. The Kier molecular flexibility index (Phi) is 5.60. The van der Waals surface area contributed by atoms with Gasteiger partial charge in [-0.1, -0.05) is 29.3 Å². The monoisotopic (exact) mass is 437 g/mol. The van der Waals surface area contributed by atoms with E-state index < -0.39 is 6.04 Å². The number of benzene rings is 2. The summed E-state index contributed by atoms with van der Waals surface area (Å²) in [5.74, 6) is 1.16. The lowest BCUT2D eigenvalue weighted by molar-refractivity contribution is 0.354. The Morgan fingerprint density at radius 2 is 1.62 bits per heavy atom. The molecule has 0 saturated carbocycles. The molecule has 0 bridgehead atoms. The summed E-state index contributed by atoms with van der Waals surface area (Å²) in [5, 5.41) is 1.19. The van der Waals surface area contributed by atoms with Crippen LogP contribution in [0.1, 0.15) is 17.2 Å². The number of hydrogen-bond donors (Lipinski definition) is 1. The number of rotatable bonds is 4. The van der Waals surface area contributed by atoms with Crippen molar-refractivity contribution in [3.63, 3.8) is 0 Å². The largest absolute Gasteiger partial charge is 0.493 e. The number of methoxy groups -OCH3 is 2. The predicted molar refractivity (Wildman–Crippen MR) is 94.8 cm³/mol. The van der Waals surface area contributed by atoms with E-state index in [4.69, 9.17) is 38.4 Å². The Bertz CT molecular complexity index is 664. The van der Waals surface area contributed by atoms with Gasteiger partial charge in [-0.3, -0.25) is 0 Å². The van der Waals surface area contributed by atoms with E-state index >= 15 is 0 Å². The van der Waals surface area contributed by atoms with E-state index in [1.165, 1.54) is 0 Å². The van der Waals surface area contributed by atoms with E-state index in [2.05, 4.69) is 22.6 Å². The third-order valence-corrected chi connectivity index (χ3v) is 5.04. The standard InChI is InChI=1S/C15H14Cl2INO2/c1-20-13-6-9(10(16)7-14(13)21-2)15(19)8-3-4-12(18)11(17)5-8/h3-7,15H,19H2,1-2H3. The van der Waals surface area contributed by atoms with Gasteiger partial charge in [0.15, 0.2) is 11.5 Å². The van der Waals surface area contributed by atoms with E-state index in [1.54, 1.807) is 26.4 Å². The third kappa shape index (κ3) is 3.56. The molecule has 112 valence electrons. The van der Waals surface area contributed by atoms with E-state index in [-0.39, 0.29) is 0 Å². The van der Waals surface area contributed by atoms with Crippen LogP contribution in [0.4, 0.5) is 0 Å². The second kappa shape index (κ2) is 7.05. The minimum atomic E-state index is -0.396. The van der Waals surface area contributed by atoms with Crippen molar-refractivity contribution in [2.75, 3.05) is 14.2 Å². The number of halogens is 3. The average molecular weight is 438 g/mol. The van der Waals surface area contributed by atoms with Crippen LogP contribution in [-0.4, -0.2) is 14.2 Å². The van der Waals surface area contributed by atoms with E-state index in [0.29, 0.717) is 21.5 Å². The zero-order valence-corrected chi connectivity index (χ0v) is 15.2. The molecule has 6 heteroatoms. The van der Waals surface area contributed by atoms with Gasteiger partial charge in [0.1, 0.15) is 0 Å².